The fourth-order valence-corrected chi connectivity index (χ4v) is 4.82. The number of rotatable bonds is 4. The molecule has 1 heterocycles. The number of halogens is 1. The Hall–Kier alpha value is -2.71. The van der Waals surface area contributed by atoms with Crippen molar-refractivity contribution in [2.24, 2.45) is 0 Å². The van der Waals surface area contributed by atoms with Gasteiger partial charge in [-0.25, -0.2) is 22.9 Å². The molecule has 7 nitrogen and oxygen atoms in total. The van der Waals surface area contributed by atoms with Gasteiger partial charge in [-0.1, -0.05) is 18.5 Å². The molecule has 0 saturated heterocycles. The molecule has 1 aromatic heterocycles. The van der Waals surface area contributed by atoms with Crippen molar-refractivity contribution in [3.8, 4) is 5.69 Å². The van der Waals surface area contributed by atoms with E-state index in [1.165, 1.54) is 36.4 Å². The van der Waals surface area contributed by atoms with Crippen molar-refractivity contribution in [1.82, 2.24) is 14.8 Å². The third-order valence-electron chi connectivity index (χ3n) is 4.13. The van der Waals surface area contributed by atoms with Gasteiger partial charge in [0.25, 0.3) is 5.56 Å². The summed E-state index contributed by atoms with van der Waals surface area (Å²) in [6.45, 7) is 3.44. The molecule has 0 radical (unpaired) electrons. The fourth-order valence-electron chi connectivity index (χ4n) is 2.93. The lowest BCUT2D eigenvalue weighted by Crippen LogP contribution is -2.34. The van der Waals surface area contributed by atoms with E-state index in [1.807, 2.05) is 0 Å². The van der Waals surface area contributed by atoms with Crippen molar-refractivity contribution in [3.63, 3.8) is 0 Å². The minimum absolute atomic E-state index is 0.122. The topological polar surface area (TPSA) is 102 Å². The molecule has 0 saturated carbocycles. The number of hydrogen-bond donors (Lipinski definition) is 1. The average molecular weight is 406 g/mol. The van der Waals surface area contributed by atoms with Crippen molar-refractivity contribution in [3.05, 3.63) is 79.6 Å². The molecule has 2 aromatic carbocycles. The predicted molar refractivity (Wildman–Crippen MR) is 101 cm³/mol. The van der Waals surface area contributed by atoms with E-state index < -0.39 is 21.1 Å². The Bertz CT molecular complexity index is 1200. The fraction of sp³-hybridized carbons (Fsp3) is 0.167. The molecule has 0 amide bonds. The number of aryl methyl sites for hydroxylation is 2. The summed E-state index contributed by atoms with van der Waals surface area (Å²) in [6, 6.07) is 8.95. The molecule has 0 unspecified atom stereocenters. The first-order valence-corrected chi connectivity index (χ1v) is 9.93. The first kappa shape index (κ1) is 19.1. The van der Waals surface area contributed by atoms with Crippen molar-refractivity contribution in [2.75, 3.05) is 0 Å². The molecule has 0 aliphatic heterocycles. The Labute approximate surface area is 160 Å². The highest BCUT2D eigenvalue weighted by Gasteiger charge is 2.24. The third-order valence-corrected chi connectivity index (χ3v) is 6.39. The molecular weight excluding hydrogens is 390 g/mol. The monoisotopic (exact) mass is 405 g/mol. The highest BCUT2D eigenvalue weighted by molar-refractivity contribution is 7.91. The first-order chi connectivity index (χ1) is 12.8. The van der Waals surface area contributed by atoms with Crippen LogP contribution >= 0.6 is 11.6 Å². The van der Waals surface area contributed by atoms with Gasteiger partial charge in [-0.05, 0) is 60.9 Å². The van der Waals surface area contributed by atoms with Crippen LogP contribution in [0.2, 0.25) is 5.02 Å². The van der Waals surface area contributed by atoms with E-state index in [-0.39, 0.29) is 15.5 Å². The van der Waals surface area contributed by atoms with E-state index in [2.05, 4.69) is 10.2 Å². The Morgan fingerprint density at radius 3 is 2.41 bits per heavy atom. The Morgan fingerprint density at radius 1 is 1.15 bits per heavy atom. The smallest absolute Gasteiger partial charge is 0.267 e. The number of H-pyrrole nitrogens is 1. The summed E-state index contributed by atoms with van der Waals surface area (Å²) >= 11 is 5.85. The van der Waals surface area contributed by atoms with Crippen LogP contribution < -0.4 is 11.2 Å². The van der Waals surface area contributed by atoms with Gasteiger partial charge < -0.3 is 0 Å². The van der Waals surface area contributed by atoms with Crippen LogP contribution in [0.3, 0.4) is 0 Å². The summed E-state index contributed by atoms with van der Waals surface area (Å²) < 4.78 is 27.2. The Kier molecular flexibility index (Phi) is 5.03. The molecule has 0 aliphatic carbocycles. The van der Waals surface area contributed by atoms with Gasteiger partial charge in [0, 0.05) is 5.02 Å². The molecule has 0 aliphatic rings. The number of benzene rings is 2. The molecule has 1 N–H and O–H groups in total. The number of sulfone groups is 1. The van der Waals surface area contributed by atoms with Crippen molar-refractivity contribution >= 4 is 21.4 Å². The highest BCUT2D eigenvalue weighted by atomic mass is 35.5. The average Bonchev–Trinajstić information content (AvgIpc) is 2.61. The molecule has 0 bridgehead atoms. The largest absolute Gasteiger partial charge is 0.349 e. The van der Waals surface area contributed by atoms with Gasteiger partial charge in [0.2, 0.25) is 9.84 Å². The lowest BCUT2D eigenvalue weighted by molar-refractivity contribution is 0.594. The van der Waals surface area contributed by atoms with Crippen molar-refractivity contribution < 1.29 is 8.42 Å². The number of nitrogens with one attached hydrogen (secondary N) is 1. The molecule has 9 heteroatoms. The summed E-state index contributed by atoms with van der Waals surface area (Å²) in [6.07, 6.45) is 1.38. The summed E-state index contributed by atoms with van der Waals surface area (Å²) in [4.78, 5) is 24.3. The number of aromatic amines is 1. The van der Waals surface area contributed by atoms with Crippen molar-refractivity contribution in [1.29, 1.82) is 0 Å². The second-order valence-electron chi connectivity index (χ2n) is 5.91. The van der Waals surface area contributed by atoms with Gasteiger partial charge in [-0.2, -0.15) is 5.10 Å². The van der Waals surface area contributed by atoms with Gasteiger partial charge in [-0.15, -0.1) is 0 Å². The Morgan fingerprint density at radius 2 is 1.81 bits per heavy atom. The van der Waals surface area contributed by atoms with Crippen LogP contribution in [0.25, 0.3) is 5.69 Å². The van der Waals surface area contributed by atoms with Gasteiger partial charge in [0.05, 0.1) is 15.5 Å². The summed E-state index contributed by atoms with van der Waals surface area (Å²) in [5.74, 6) is 0. The van der Waals surface area contributed by atoms with Crippen LogP contribution in [0.1, 0.15) is 18.1 Å². The number of hydrogen-bond acceptors (Lipinski definition) is 5. The molecule has 0 spiro atoms. The minimum Gasteiger partial charge on any atom is -0.267 e. The molecule has 27 heavy (non-hydrogen) atoms. The van der Waals surface area contributed by atoms with E-state index >= 15 is 0 Å². The van der Waals surface area contributed by atoms with Crippen LogP contribution in [0.4, 0.5) is 0 Å². The molecule has 3 rings (SSSR count). The Balaban J connectivity index is 2.26. The van der Waals surface area contributed by atoms with Crippen LogP contribution in [0.5, 0.6) is 0 Å². The van der Waals surface area contributed by atoms with Gasteiger partial charge in [0.15, 0.2) is 0 Å². The quantitative estimate of drug-likeness (QED) is 0.717. The summed E-state index contributed by atoms with van der Waals surface area (Å²) in [5, 5.41) is 6.10. The standard InChI is InChI=1S/C18H16ClN3O4S/c1-3-12-9-14(22-16(23)10-20-21-18(22)24)8-11(2)17(12)27(25,26)15-6-4-13(19)5-7-15/h4-10H,3H2,1-2H3,(H,21,24). The lowest BCUT2D eigenvalue weighted by atomic mass is 10.1. The molecule has 3 aromatic rings. The molecular formula is C18H16ClN3O4S. The molecule has 0 fully saturated rings. The van der Waals surface area contributed by atoms with Gasteiger partial charge >= 0.3 is 5.69 Å². The van der Waals surface area contributed by atoms with Gasteiger partial charge in [-0.3, -0.25) is 4.79 Å². The summed E-state index contributed by atoms with van der Waals surface area (Å²) in [7, 11) is -3.79. The minimum atomic E-state index is -3.79. The SMILES string of the molecule is CCc1cc(-n2c(=O)cn[nH]c2=O)cc(C)c1S(=O)(=O)c1ccc(Cl)cc1. The van der Waals surface area contributed by atoms with Crippen LogP contribution in [0.15, 0.2) is 62.0 Å². The maximum absolute atomic E-state index is 13.1. The van der Waals surface area contributed by atoms with E-state index in [9.17, 15) is 18.0 Å². The zero-order valence-electron chi connectivity index (χ0n) is 14.6. The summed E-state index contributed by atoms with van der Waals surface area (Å²) in [5.41, 5.74) is -0.0793. The molecule has 140 valence electrons. The van der Waals surface area contributed by atoms with Gasteiger partial charge in [0.1, 0.15) is 6.20 Å². The lowest BCUT2D eigenvalue weighted by Gasteiger charge is -2.15. The molecule has 0 atom stereocenters. The van der Waals surface area contributed by atoms with Crippen LogP contribution in [-0.2, 0) is 16.3 Å². The van der Waals surface area contributed by atoms with E-state index in [4.69, 9.17) is 11.6 Å². The van der Waals surface area contributed by atoms with Crippen LogP contribution in [-0.4, -0.2) is 23.2 Å². The van der Waals surface area contributed by atoms with Crippen molar-refractivity contribution in [2.45, 2.75) is 30.1 Å². The van der Waals surface area contributed by atoms with E-state index in [0.29, 0.717) is 22.6 Å². The zero-order chi connectivity index (χ0) is 19.8. The number of nitrogens with zero attached hydrogens (tertiary/aromatic N) is 2. The normalized spacial score (nSPS) is 11.5. The second-order valence-corrected chi connectivity index (χ2v) is 8.23. The maximum atomic E-state index is 13.1. The highest BCUT2D eigenvalue weighted by Crippen LogP contribution is 2.30. The number of aromatic nitrogens is 3. The zero-order valence-corrected chi connectivity index (χ0v) is 16.1. The second kappa shape index (κ2) is 7.13. The van der Waals surface area contributed by atoms with E-state index in [1.54, 1.807) is 13.8 Å². The predicted octanol–water partition coefficient (Wildman–Crippen LogP) is 2.28. The van der Waals surface area contributed by atoms with E-state index in [0.717, 1.165) is 10.8 Å². The third kappa shape index (κ3) is 3.45. The maximum Gasteiger partial charge on any atom is 0.349 e. The van der Waals surface area contributed by atoms with Crippen LogP contribution in [0, 0.1) is 6.92 Å². The first-order valence-electron chi connectivity index (χ1n) is 8.07.